The molecule has 2 aromatic carbocycles. The number of hydrogen-bond donors (Lipinski definition) is 1. The van der Waals surface area contributed by atoms with Gasteiger partial charge in [0.25, 0.3) is 0 Å². The third-order valence-corrected chi connectivity index (χ3v) is 6.20. The van der Waals surface area contributed by atoms with Crippen LogP contribution in [0.1, 0.15) is 48.9 Å². The van der Waals surface area contributed by atoms with Crippen molar-refractivity contribution in [3.05, 3.63) is 77.6 Å². The maximum absolute atomic E-state index is 12.8. The van der Waals surface area contributed by atoms with Gasteiger partial charge in [-0.3, -0.25) is 14.3 Å². The predicted molar refractivity (Wildman–Crippen MR) is 127 cm³/mol. The molecule has 1 amide bonds. The maximum atomic E-state index is 12.8. The van der Waals surface area contributed by atoms with E-state index >= 15 is 0 Å². The molecule has 1 aliphatic heterocycles. The number of amides is 1. The molecule has 7 heteroatoms. The van der Waals surface area contributed by atoms with Crippen LogP contribution in [0.4, 0.5) is 5.69 Å². The number of nitrogens with two attached hydrogens (primary N) is 1. The highest BCUT2D eigenvalue weighted by Gasteiger charge is 2.29. The predicted octanol–water partition coefficient (Wildman–Crippen LogP) is 3.42. The number of nitrogens with zero attached hydrogens (tertiary/aromatic N) is 4. The van der Waals surface area contributed by atoms with E-state index in [4.69, 9.17) is 5.73 Å². The van der Waals surface area contributed by atoms with Gasteiger partial charge < -0.3 is 10.6 Å². The van der Waals surface area contributed by atoms with Gasteiger partial charge in [0.15, 0.2) is 0 Å². The number of ketones is 1. The molecule has 0 saturated carbocycles. The van der Waals surface area contributed by atoms with Crippen LogP contribution in [0.15, 0.2) is 60.8 Å². The number of aryl methyl sites for hydroxylation is 1. The monoisotopic (exact) mass is 445 g/mol. The Hall–Kier alpha value is -3.48. The van der Waals surface area contributed by atoms with Gasteiger partial charge in [0.2, 0.25) is 5.91 Å². The molecule has 1 aliphatic rings. The van der Waals surface area contributed by atoms with E-state index < -0.39 is 0 Å². The number of likely N-dealkylation sites (tertiary alicyclic amines) is 1. The molecule has 172 valence electrons. The van der Waals surface area contributed by atoms with Crippen LogP contribution in [0.2, 0.25) is 0 Å². The van der Waals surface area contributed by atoms with Crippen molar-refractivity contribution in [3.8, 4) is 0 Å². The second-order valence-electron chi connectivity index (χ2n) is 8.76. The number of rotatable bonds is 10. The molecular weight excluding hydrogens is 414 g/mol. The molecule has 2 N–H and O–H groups in total. The second kappa shape index (κ2) is 10.9. The first-order chi connectivity index (χ1) is 16.1. The van der Waals surface area contributed by atoms with Crippen LogP contribution in [-0.2, 0) is 29.0 Å². The molecule has 1 saturated heterocycles. The van der Waals surface area contributed by atoms with Crippen LogP contribution >= 0.6 is 0 Å². The summed E-state index contributed by atoms with van der Waals surface area (Å²) in [7, 11) is 0. The lowest BCUT2D eigenvalue weighted by Crippen LogP contribution is -2.38. The fourth-order valence-electron chi connectivity index (χ4n) is 4.37. The Kier molecular flexibility index (Phi) is 7.50. The van der Waals surface area contributed by atoms with Gasteiger partial charge in [0.05, 0.1) is 18.3 Å². The first kappa shape index (κ1) is 22.7. The van der Waals surface area contributed by atoms with Gasteiger partial charge in [-0.05, 0) is 42.5 Å². The topological polar surface area (TPSA) is 94.1 Å². The normalized spacial score (nSPS) is 15.6. The smallest absolute Gasteiger partial charge is 0.223 e. The van der Waals surface area contributed by atoms with E-state index in [-0.39, 0.29) is 24.2 Å². The Balaban J connectivity index is 1.23. The Bertz CT molecular complexity index is 1060. The second-order valence-corrected chi connectivity index (χ2v) is 8.76. The number of Topliss-reactive ketones (excluding diaryl/α,β-unsaturated/α-hetero) is 1. The van der Waals surface area contributed by atoms with Gasteiger partial charge in [-0.25, -0.2) is 0 Å². The number of benzene rings is 2. The zero-order valence-electron chi connectivity index (χ0n) is 18.9. The molecule has 33 heavy (non-hydrogen) atoms. The van der Waals surface area contributed by atoms with Crippen molar-refractivity contribution in [2.45, 2.75) is 57.5 Å². The summed E-state index contributed by atoms with van der Waals surface area (Å²) in [6.07, 6.45) is 6.33. The number of hydrogen-bond acceptors (Lipinski definition) is 5. The minimum Gasteiger partial charge on any atom is -0.399 e. The summed E-state index contributed by atoms with van der Waals surface area (Å²) >= 11 is 0. The summed E-state index contributed by atoms with van der Waals surface area (Å²) in [4.78, 5) is 27.1. The maximum Gasteiger partial charge on any atom is 0.223 e. The number of nitrogen functional groups attached to an aromatic ring is 1. The highest BCUT2D eigenvalue weighted by molar-refractivity contribution is 5.85. The van der Waals surface area contributed by atoms with Crippen LogP contribution in [-0.4, -0.2) is 44.2 Å². The Morgan fingerprint density at radius 3 is 2.55 bits per heavy atom. The Labute approximate surface area is 194 Å². The molecule has 2 heterocycles. The molecule has 0 bridgehead atoms. The van der Waals surface area contributed by atoms with Crippen LogP contribution in [0, 0.1) is 0 Å². The summed E-state index contributed by atoms with van der Waals surface area (Å²) in [6, 6.07) is 17.9. The van der Waals surface area contributed by atoms with E-state index in [2.05, 4.69) is 22.4 Å². The van der Waals surface area contributed by atoms with Crippen LogP contribution in [0.25, 0.3) is 0 Å². The zero-order chi connectivity index (χ0) is 23.0. The standard InChI is InChI=1S/C26H31N5O2/c27-22-11-8-20(9-12-22)10-13-25(32)14-15-26(33)31-16-4-7-24(31)19-30-18-23(28-29-30)17-21-5-2-1-3-6-21/h1-3,5-6,8-9,11-12,18,24H,4,7,10,13-17,19,27H2/t24-/m1/s1. The fraction of sp³-hybridized carbons (Fsp3) is 0.385. The lowest BCUT2D eigenvalue weighted by Gasteiger charge is -2.24. The number of carbonyl (C=O) groups excluding carboxylic acids is 2. The minimum absolute atomic E-state index is 0.0583. The van der Waals surface area contributed by atoms with Gasteiger partial charge in [-0.1, -0.05) is 47.7 Å². The first-order valence-electron chi connectivity index (χ1n) is 11.7. The third-order valence-electron chi connectivity index (χ3n) is 6.20. The minimum atomic E-state index is 0.0583. The first-order valence-corrected chi connectivity index (χ1v) is 11.7. The molecule has 0 aliphatic carbocycles. The highest BCUT2D eigenvalue weighted by atomic mass is 16.2. The molecule has 0 spiro atoms. The van der Waals surface area contributed by atoms with E-state index in [1.807, 2.05) is 58.2 Å². The summed E-state index contributed by atoms with van der Waals surface area (Å²) < 4.78 is 1.84. The average Bonchev–Trinajstić information content (AvgIpc) is 3.47. The van der Waals surface area contributed by atoms with Crippen molar-refractivity contribution >= 4 is 17.4 Å². The molecule has 1 fully saturated rings. The molecule has 3 aromatic rings. The summed E-state index contributed by atoms with van der Waals surface area (Å²) in [5, 5.41) is 8.56. The van der Waals surface area contributed by atoms with E-state index in [0.717, 1.165) is 37.1 Å². The lowest BCUT2D eigenvalue weighted by molar-refractivity contribution is -0.134. The van der Waals surface area contributed by atoms with Crippen LogP contribution < -0.4 is 5.73 Å². The summed E-state index contributed by atoms with van der Waals surface area (Å²) in [6.45, 7) is 1.38. The van der Waals surface area contributed by atoms with Gasteiger partial charge in [0, 0.05) is 44.1 Å². The molecule has 7 nitrogen and oxygen atoms in total. The molecule has 1 atom stereocenters. The largest absolute Gasteiger partial charge is 0.399 e. The number of anilines is 1. The van der Waals surface area contributed by atoms with Crippen LogP contribution in [0.3, 0.4) is 0 Å². The van der Waals surface area contributed by atoms with Gasteiger partial charge in [-0.2, -0.15) is 0 Å². The Morgan fingerprint density at radius 1 is 0.970 bits per heavy atom. The van der Waals surface area contributed by atoms with Crippen molar-refractivity contribution in [1.82, 2.24) is 19.9 Å². The van der Waals surface area contributed by atoms with Crippen molar-refractivity contribution in [2.75, 3.05) is 12.3 Å². The van der Waals surface area contributed by atoms with E-state index in [1.165, 1.54) is 5.56 Å². The average molecular weight is 446 g/mol. The Morgan fingerprint density at radius 2 is 1.76 bits per heavy atom. The summed E-state index contributed by atoms with van der Waals surface area (Å²) in [5.41, 5.74) is 9.62. The number of carbonyl (C=O) groups is 2. The molecule has 0 radical (unpaired) electrons. The van der Waals surface area contributed by atoms with Crippen molar-refractivity contribution in [1.29, 1.82) is 0 Å². The highest BCUT2D eigenvalue weighted by Crippen LogP contribution is 2.21. The number of aromatic nitrogens is 3. The SMILES string of the molecule is Nc1ccc(CCC(=O)CCC(=O)N2CCC[C@@H]2Cn2cc(Cc3ccccc3)nn2)cc1. The third kappa shape index (κ3) is 6.51. The van der Waals surface area contributed by atoms with Gasteiger partial charge in [-0.15, -0.1) is 5.10 Å². The molecular formula is C26H31N5O2. The fourth-order valence-corrected chi connectivity index (χ4v) is 4.37. The molecule has 0 unspecified atom stereocenters. The zero-order valence-corrected chi connectivity index (χ0v) is 18.9. The van der Waals surface area contributed by atoms with E-state index in [1.54, 1.807) is 0 Å². The van der Waals surface area contributed by atoms with Crippen LogP contribution in [0.5, 0.6) is 0 Å². The van der Waals surface area contributed by atoms with Gasteiger partial charge >= 0.3 is 0 Å². The van der Waals surface area contributed by atoms with Gasteiger partial charge in [0.1, 0.15) is 5.78 Å². The molecule has 1 aromatic heterocycles. The van der Waals surface area contributed by atoms with Crippen molar-refractivity contribution in [2.24, 2.45) is 0 Å². The van der Waals surface area contributed by atoms with Crippen molar-refractivity contribution < 1.29 is 9.59 Å². The molecule has 4 rings (SSSR count). The van der Waals surface area contributed by atoms with Crippen molar-refractivity contribution in [3.63, 3.8) is 0 Å². The lowest BCUT2D eigenvalue weighted by atomic mass is 10.0. The van der Waals surface area contributed by atoms with E-state index in [0.29, 0.717) is 31.5 Å². The van der Waals surface area contributed by atoms with E-state index in [9.17, 15) is 9.59 Å². The quantitative estimate of drug-likeness (QED) is 0.483. The summed E-state index contributed by atoms with van der Waals surface area (Å²) in [5.74, 6) is 0.181.